The lowest BCUT2D eigenvalue weighted by atomic mass is 9.93. The number of hydrogen-bond donors (Lipinski definition) is 3. The largest absolute Gasteiger partial charge is 0.490 e. The zero-order chi connectivity index (χ0) is 39.0. The second-order valence-corrected chi connectivity index (χ2v) is 15.5. The van der Waals surface area contributed by atoms with Crippen molar-refractivity contribution in [1.82, 2.24) is 36.0 Å². The number of rotatable bonds is 11. The molecule has 1 saturated carbocycles. The maximum absolute atomic E-state index is 13.0. The van der Waals surface area contributed by atoms with Crippen LogP contribution in [-0.4, -0.2) is 108 Å². The quantitative estimate of drug-likeness (QED) is 0.242. The number of halogens is 1. The first-order chi connectivity index (χ1) is 27.2. The summed E-state index contributed by atoms with van der Waals surface area (Å²) in [6.45, 7) is 6.59. The molecule has 0 bridgehead atoms. The Labute approximate surface area is 331 Å². The summed E-state index contributed by atoms with van der Waals surface area (Å²) in [5.74, 6) is 0.758. The fraction of sp³-hybridized carbons (Fsp3) is 0.500. The SMILES string of the molecule is N#Cc1ccc(OC2CCC(NC(=O)c3ccc(N4CCC(CN5CCN(c6ccc(CC(=O)NC7CCC(=O)NC7=O)nc6)CC5)CC4)nn3)CC2)cc1Cl. The van der Waals surface area contributed by atoms with E-state index in [1.54, 1.807) is 24.3 Å². The Morgan fingerprint density at radius 2 is 1.68 bits per heavy atom. The van der Waals surface area contributed by atoms with Gasteiger partial charge in [-0.1, -0.05) is 11.6 Å². The predicted molar refractivity (Wildman–Crippen MR) is 208 cm³/mol. The van der Waals surface area contributed by atoms with Crippen molar-refractivity contribution in [2.45, 2.75) is 76.0 Å². The van der Waals surface area contributed by atoms with Crippen LogP contribution in [0.5, 0.6) is 5.75 Å². The topological polar surface area (TPSA) is 186 Å². The standard InChI is InChI=1S/C40H47ClN10O5/c41-33-22-32(6-1-27(33)23-42)56-31-7-3-28(4-8-31)44-40(55)35-9-11-36(48-47-35)51-15-13-26(14-16-51)25-49-17-19-50(20-18-49)30-5-2-29(43-24-30)21-38(53)45-34-10-12-37(52)46-39(34)54/h1-2,5-6,9,11,22,24,26,28,31,34H,3-4,7-8,10,12-21,25H2,(H,44,55)(H,45,53)(H,46,52,54). The third kappa shape index (κ3) is 10.1. The first-order valence-electron chi connectivity index (χ1n) is 19.5. The number of nitrogens with zero attached hydrogens (tertiary/aromatic N) is 7. The van der Waals surface area contributed by atoms with E-state index in [2.05, 4.69) is 51.9 Å². The first-order valence-corrected chi connectivity index (χ1v) is 19.9. The van der Waals surface area contributed by atoms with E-state index in [9.17, 15) is 19.2 Å². The van der Waals surface area contributed by atoms with Gasteiger partial charge in [-0.25, -0.2) is 0 Å². The van der Waals surface area contributed by atoms with Crippen LogP contribution in [-0.2, 0) is 20.8 Å². The van der Waals surface area contributed by atoms with Crippen LogP contribution in [0.25, 0.3) is 0 Å². The maximum atomic E-state index is 13.0. The Hall–Kier alpha value is -5.33. The van der Waals surface area contributed by atoms with Crippen molar-refractivity contribution in [3.63, 3.8) is 0 Å². The van der Waals surface area contributed by atoms with Crippen LogP contribution in [0.15, 0.2) is 48.7 Å². The summed E-state index contributed by atoms with van der Waals surface area (Å²) in [5.41, 5.74) is 2.39. The monoisotopic (exact) mass is 782 g/mol. The Bertz CT molecular complexity index is 1920. The van der Waals surface area contributed by atoms with E-state index in [1.165, 1.54) is 0 Å². The molecule has 3 aromatic rings. The highest BCUT2D eigenvalue weighted by Gasteiger charge is 2.29. The summed E-state index contributed by atoms with van der Waals surface area (Å²) >= 11 is 6.14. The summed E-state index contributed by atoms with van der Waals surface area (Å²) < 4.78 is 6.08. The number of hydrogen-bond acceptors (Lipinski definition) is 12. The predicted octanol–water partition coefficient (Wildman–Crippen LogP) is 3.02. The normalized spacial score (nSPS) is 22.2. The van der Waals surface area contributed by atoms with Gasteiger partial charge in [-0.2, -0.15) is 5.26 Å². The van der Waals surface area contributed by atoms with Gasteiger partial charge in [0.2, 0.25) is 17.7 Å². The minimum atomic E-state index is -0.688. The van der Waals surface area contributed by atoms with Crippen LogP contribution in [0, 0.1) is 17.2 Å². The number of carbonyl (C=O) groups excluding carboxylic acids is 4. The molecule has 1 unspecified atom stereocenters. The number of nitriles is 1. The van der Waals surface area contributed by atoms with E-state index in [1.807, 2.05) is 24.4 Å². The Morgan fingerprint density at radius 1 is 0.893 bits per heavy atom. The Kier molecular flexibility index (Phi) is 12.6. The van der Waals surface area contributed by atoms with E-state index in [-0.39, 0.29) is 42.7 Å². The molecule has 0 radical (unpaired) electrons. The average molecular weight is 783 g/mol. The number of anilines is 2. The van der Waals surface area contributed by atoms with Gasteiger partial charge in [0.1, 0.15) is 17.9 Å². The fourth-order valence-corrected chi connectivity index (χ4v) is 8.11. The number of carbonyl (C=O) groups is 4. The van der Waals surface area contributed by atoms with Crippen molar-refractivity contribution < 1.29 is 23.9 Å². The second kappa shape index (κ2) is 18.1. The number of piperazine rings is 1. The number of ether oxygens (including phenoxy) is 1. The molecule has 1 atom stereocenters. The molecule has 4 fully saturated rings. The highest BCUT2D eigenvalue weighted by molar-refractivity contribution is 6.31. The van der Waals surface area contributed by atoms with Crippen LogP contribution >= 0.6 is 11.6 Å². The van der Waals surface area contributed by atoms with Crippen molar-refractivity contribution in [1.29, 1.82) is 5.26 Å². The van der Waals surface area contributed by atoms with Gasteiger partial charge in [-0.3, -0.25) is 34.4 Å². The lowest BCUT2D eigenvalue weighted by Gasteiger charge is -2.39. The zero-order valence-electron chi connectivity index (χ0n) is 31.3. The molecular weight excluding hydrogens is 736 g/mol. The number of benzene rings is 1. The molecular formula is C40H47ClN10O5. The minimum absolute atomic E-state index is 0.0282. The molecule has 294 valence electrons. The maximum Gasteiger partial charge on any atom is 0.272 e. The minimum Gasteiger partial charge on any atom is -0.490 e. The molecule has 4 amide bonds. The number of imide groups is 1. The van der Waals surface area contributed by atoms with Gasteiger partial charge in [0.15, 0.2) is 11.5 Å². The lowest BCUT2D eigenvalue weighted by molar-refractivity contribution is -0.137. The molecule has 3 saturated heterocycles. The molecule has 0 spiro atoms. The van der Waals surface area contributed by atoms with Gasteiger partial charge in [0.05, 0.1) is 35.0 Å². The van der Waals surface area contributed by atoms with E-state index in [4.69, 9.17) is 21.6 Å². The van der Waals surface area contributed by atoms with Crippen LogP contribution in [0.1, 0.15) is 73.1 Å². The van der Waals surface area contributed by atoms with Crippen molar-refractivity contribution in [2.75, 3.05) is 55.6 Å². The molecule has 1 aromatic carbocycles. The van der Waals surface area contributed by atoms with Gasteiger partial charge >= 0.3 is 0 Å². The van der Waals surface area contributed by atoms with Crippen molar-refractivity contribution in [3.8, 4) is 11.8 Å². The van der Waals surface area contributed by atoms with Crippen molar-refractivity contribution >= 4 is 46.7 Å². The van der Waals surface area contributed by atoms with E-state index in [0.29, 0.717) is 40.1 Å². The number of nitrogens with one attached hydrogen (secondary N) is 3. The Balaban J connectivity index is 0.779. The summed E-state index contributed by atoms with van der Waals surface area (Å²) in [7, 11) is 0. The summed E-state index contributed by atoms with van der Waals surface area (Å²) in [6.07, 6.45) is 7.75. The van der Waals surface area contributed by atoms with E-state index in [0.717, 1.165) is 95.8 Å². The molecule has 56 heavy (non-hydrogen) atoms. The number of amides is 4. The molecule has 16 heteroatoms. The third-order valence-electron chi connectivity index (χ3n) is 11.2. The van der Waals surface area contributed by atoms with Gasteiger partial charge in [-0.05, 0) is 87.3 Å². The summed E-state index contributed by atoms with van der Waals surface area (Å²) in [4.78, 5) is 60.3. The molecule has 15 nitrogen and oxygen atoms in total. The first kappa shape index (κ1) is 38.9. The van der Waals surface area contributed by atoms with E-state index >= 15 is 0 Å². The van der Waals surface area contributed by atoms with Gasteiger partial charge in [0.25, 0.3) is 5.91 Å². The molecule has 7 rings (SSSR count). The van der Waals surface area contributed by atoms with Crippen LogP contribution in [0.2, 0.25) is 5.02 Å². The van der Waals surface area contributed by atoms with Crippen LogP contribution < -0.4 is 30.5 Å². The summed E-state index contributed by atoms with van der Waals surface area (Å²) in [6, 6.07) is 14.0. The lowest BCUT2D eigenvalue weighted by Crippen LogP contribution is -2.52. The molecule has 3 N–H and O–H groups in total. The Morgan fingerprint density at radius 3 is 2.34 bits per heavy atom. The van der Waals surface area contributed by atoms with Crippen molar-refractivity contribution in [2.24, 2.45) is 5.92 Å². The smallest absolute Gasteiger partial charge is 0.272 e. The summed E-state index contributed by atoms with van der Waals surface area (Å²) in [5, 5.41) is 26.2. The zero-order valence-corrected chi connectivity index (χ0v) is 32.0. The molecule has 4 aliphatic rings. The van der Waals surface area contributed by atoms with Gasteiger partial charge in [-0.15, -0.1) is 10.2 Å². The number of pyridine rings is 1. The van der Waals surface area contributed by atoms with E-state index < -0.39 is 11.9 Å². The fourth-order valence-electron chi connectivity index (χ4n) is 7.90. The molecule has 2 aromatic heterocycles. The molecule has 1 aliphatic carbocycles. The molecule has 5 heterocycles. The number of aromatic nitrogens is 3. The number of piperidine rings is 2. The average Bonchev–Trinajstić information content (AvgIpc) is 3.21. The highest BCUT2D eigenvalue weighted by Crippen LogP contribution is 2.28. The van der Waals surface area contributed by atoms with Crippen molar-refractivity contribution in [3.05, 3.63) is 70.6 Å². The highest BCUT2D eigenvalue weighted by atomic mass is 35.5. The second-order valence-electron chi connectivity index (χ2n) is 15.1. The van der Waals surface area contributed by atoms with Crippen LogP contribution in [0.3, 0.4) is 0 Å². The van der Waals surface area contributed by atoms with Gasteiger partial charge < -0.3 is 25.2 Å². The van der Waals surface area contributed by atoms with Crippen LogP contribution in [0.4, 0.5) is 11.5 Å². The van der Waals surface area contributed by atoms with Gasteiger partial charge in [0, 0.05) is 70.0 Å². The molecule has 3 aliphatic heterocycles. The third-order valence-corrected chi connectivity index (χ3v) is 11.5.